The first-order chi connectivity index (χ1) is 7.80. The van der Waals surface area contributed by atoms with Crippen LogP contribution in [0.5, 0.6) is 0 Å². The lowest BCUT2D eigenvalue weighted by Crippen LogP contribution is -2.59. The van der Waals surface area contributed by atoms with Crippen LogP contribution in [-0.4, -0.2) is 41.5 Å². The number of hydrogen-bond acceptors (Lipinski definition) is 5. The standard InChI is InChI=1S/C10H20N2O4S/c11-6-1-2-7-5(3-6)4-8(17(14,15)16)9(12)10(7)13/h5-10,13H,1-4,11-12H2,(H,14,15,16). The molecular weight excluding hydrogens is 244 g/mol. The fourth-order valence-electron chi connectivity index (χ4n) is 3.33. The molecule has 2 aliphatic carbocycles. The summed E-state index contributed by atoms with van der Waals surface area (Å²) in [5.74, 6) is 0.0586. The second-order valence-corrected chi connectivity index (χ2v) is 6.99. The van der Waals surface area contributed by atoms with Gasteiger partial charge in [-0.15, -0.1) is 0 Å². The van der Waals surface area contributed by atoms with Crippen LogP contribution >= 0.6 is 0 Å². The van der Waals surface area contributed by atoms with Gasteiger partial charge in [0, 0.05) is 12.1 Å². The van der Waals surface area contributed by atoms with E-state index in [-0.39, 0.29) is 17.9 Å². The molecule has 6 unspecified atom stereocenters. The van der Waals surface area contributed by atoms with Crippen LogP contribution in [0.4, 0.5) is 0 Å². The predicted molar refractivity (Wildman–Crippen MR) is 62.7 cm³/mol. The van der Waals surface area contributed by atoms with Gasteiger partial charge in [0.05, 0.1) is 6.10 Å². The minimum atomic E-state index is -4.20. The highest BCUT2D eigenvalue weighted by molar-refractivity contribution is 7.86. The summed E-state index contributed by atoms with van der Waals surface area (Å²) in [6, 6.07) is -0.847. The molecule has 0 radical (unpaired) electrons. The monoisotopic (exact) mass is 264 g/mol. The molecule has 0 aliphatic heterocycles. The van der Waals surface area contributed by atoms with Crippen molar-refractivity contribution in [3.05, 3.63) is 0 Å². The fourth-order valence-corrected chi connectivity index (χ4v) is 4.37. The van der Waals surface area contributed by atoms with Crippen molar-refractivity contribution in [2.24, 2.45) is 23.3 Å². The van der Waals surface area contributed by atoms with Crippen molar-refractivity contribution in [2.45, 2.75) is 49.1 Å². The van der Waals surface area contributed by atoms with Crippen LogP contribution in [0.15, 0.2) is 0 Å². The third-order valence-corrected chi connectivity index (χ3v) is 5.53. The molecule has 0 heterocycles. The number of aliphatic hydroxyl groups excluding tert-OH is 1. The molecule has 0 aromatic carbocycles. The predicted octanol–water partition coefficient (Wildman–Crippen LogP) is -0.922. The van der Waals surface area contributed by atoms with Crippen LogP contribution in [0.3, 0.4) is 0 Å². The van der Waals surface area contributed by atoms with Crippen molar-refractivity contribution >= 4 is 10.1 Å². The van der Waals surface area contributed by atoms with Crippen LogP contribution in [-0.2, 0) is 10.1 Å². The van der Waals surface area contributed by atoms with Crippen molar-refractivity contribution < 1.29 is 18.1 Å². The average Bonchev–Trinajstić information content (AvgIpc) is 2.21. The number of rotatable bonds is 1. The molecule has 2 fully saturated rings. The van der Waals surface area contributed by atoms with E-state index in [1.165, 1.54) is 0 Å². The summed E-state index contributed by atoms with van der Waals surface area (Å²) in [4.78, 5) is 0. The number of fused-ring (bicyclic) bond motifs is 1. The third kappa shape index (κ3) is 2.48. The van der Waals surface area contributed by atoms with Gasteiger partial charge in [-0.3, -0.25) is 4.55 Å². The van der Waals surface area contributed by atoms with Gasteiger partial charge in [-0.1, -0.05) is 0 Å². The number of nitrogens with two attached hydrogens (primary N) is 2. The van der Waals surface area contributed by atoms with Crippen molar-refractivity contribution in [1.29, 1.82) is 0 Å². The van der Waals surface area contributed by atoms with E-state index in [1.54, 1.807) is 0 Å². The molecular formula is C10H20N2O4S. The first-order valence-electron chi connectivity index (χ1n) is 5.96. The molecule has 0 spiro atoms. The summed E-state index contributed by atoms with van der Waals surface area (Å²) in [6.07, 6.45) is 1.74. The lowest BCUT2D eigenvalue weighted by molar-refractivity contribution is -0.00691. The van der Waals surface area contributed by atoms with E-state index in [0.29, 0.717) is 12.8 Å². The van der Waals surface area contributed by atoms with Crippen LogP contribution in [0, 0.1) is 11.8 Å². The van der Waals surface area contributed by atoms with Crippen molar-refractivity contribution in [3.8, 4) is 0 Å². The molecule has 0 aromatic rings. The maximum absolute atomic E-state index is 11.2. The summed E-state index contributed by atoms with van der Waals surface area (Å²) in [5, 5.41) is 8.99. The third-order valence-electron chi connectivity index (χ3n) is 4.26. The van der Waals surface area contributed by atoms with Gasteiger partial charge in [0.25, 0.3) is 10.1 Å². The first kappa shape index (κ1) is 13.2. The van der Waals surface area contributed by atoms with E-state index >= 15 is 0 Å². The van der Waals surface area contributed by atoms with E-state index in [4.69, 9.17) is 16.0 Å². The largest absolute Gasteiger partial charge is 0.391 e. The Kier molecular flexibility index (Phi) is 3.48. The highest BCUT2D eigenvalue weighted by atomic mass is 32.2. The minimum Gasteiger partial charge on any atom is -0.391 e. The zero-order valence-electron chi connectivity index (χ0n) is 9.57. The molecule has 7 heteroatoms. The fraction of sp³-hybridized carbons (Fsp3) is 1.00. The maximum atomic E-state index is 11.2. The first-order valence-corrected chi connectivity index (χ1v) is 7.46. The molecule has 2 saturated carbocycles. The Morgan fingerprint density at radius 2 is 1.76 bits per heavy atom. The van der Waals surface area contributed by atoms with Gasteiger partial charge in [-0.25, -0.2) is 0 Å². The molecule has 0 amide bonds. The Hall–Kier alpha value is -0.210. The molecule has 6 nitrogen and oxygen atoms in total. The average molecular weight is 264 g/mol. The quantitative estimate of drug-likeness (QED) is 0.454. The Morgan fingerprint density at radius 3 is 2.35 bits per heavy atom. The molecule has 6 atom stereocenters. The number of aliphatic hydroxyl groups is 1. The van der Waals surface area contributed by atoms with E-state index in [1.807, 2.05) is 0 Å². The molecule has 17 heavy (non-hydrogen) atoms. The Morgan fingerprint density at radius 1 is 1.12 bits per heavy atom. The molecule has 0 bridgehead atoms. The smallest absolute Gasteiger partial charge is 0.269 e. The summed E-state index contributed by atoms with van der Waals surface area (Å²) in [5.41, 5.74) is 11.6. The van der Waals surface area contributed by atoms with Gasteiger partial charge in [-0.05, 0) is 37.5 Å². The van der Waals surface area contributed by atoms with Crippen molar-refractivity contribution in [3.63, 3.8) is 0 Å². The second kappa shape index (κ2) is 4.47. The topological polar surface area (TPSA) is 127 Å². The van der Waals surface area contributed by atoms with E-state index in [0.717, 1.165) is 12.8 Å². The molecule has 0 saturated heterocycles. The SMILES string of the molecule is NC1CCC2C(C1)CC(S(=O)(=O)O)C(N)C2O. The summed E-state index contributed by atoms with van der Waals surface area (Å²) in [7, 11) is -4.20. The summed E-state index contributed by atoms with van der Waals surface area (Å²) < 4.78 is 31.6. The van der Waals surface area contributed by atoms with E-state index in [9.17, 15) is 13.5 Å². The summed E-state index contributed by atoms with van der Waals surface area (Å²) >= 11 is 0. The molecule has 2 aliphatic rings. The van der Waals surface area contributed by atoms with Gasteiger partial charge < -0.3 is 16.6 Å². The second-order valence-electron chi connectivity index (χ2n) is 5.35. The molecule has 2 rings (SSSR count). The van der Waals surface area contributed by atoms with Gasteiger partial charge in [0.1, 0.15) is 5.25 Å². The lowest BCUT2D eigenvalue weighted by atomic mass is 9.66. The van der Waals surface area contributed by atoms with Crippen molar-refractivity contribution in [2.75, 3.05) is 0 Å². The highest BCUT2D eigenvalue weighted by Gasteiger charge is 2.48. The van der Waals surface area contributed by atoms with E-state index in [2.05, 4.69) is 0 Å². The highest BCUT2D eigenvalue weighted by Crippen LogP contribution is 2.41. The Bertz CT molecular complexity index is 386. The van der Waals surface area contributed by atoms with Gasteiger partial charge in [0.15, 0.2) is 0 Å². The van der Waals surface area contributed by atoms with Gasteiger partial charge in [-0.2, -0.15) is 8.42 Å². The Labute approximate surface area is 101 Å². The zero-order chi connectivity index (χ0) is 12.8. The van der Waals surface area contributed by atoms with Crippen LogP contribution < -0.4 is 11.5 Å². The Balaban J connectivity index is 2.21. The van der Waals surface area contributed by atoms with Gasteiger partial charge in [0.2, 0.25) is 0 Å². The zero-order valence-corrected chi connectivity index (χ0v) is 10.4. The molecule has 6 N–H and O–H groups in total. The normalized spacial score (nSPS) is 47.5. The van der Waals surface area contributed by atoms with Crippen LogP contribution in [0.1, 0.15) is 25.7 Å². The van der Waals surface area contributed by atoms with Crippen molar-refractivity contribution in [1.82, 2.24) is 0 Å². The van der Waals surface area contributed by atoms with Gasteiger partial charge >= 0.3 is 0 Å². The maximum Gasteiger partial charge on any atom is 0.269 e. The minimum absolute atomic E-state index is 0.0165. The van der Waals surface area contributed by atoms with Crippen LogP contribution in [0.2, 0.25) is 0 Å². The number of hydrogen-bond donors (Lipinski definition) is 4. The summed E-state index contributed by atoms with van der Waals surface area (Å²) in [6.45, 7) is 0. The molecule has 0 aromatic heterocycles. The molecule has 100 valence electrons. The van der Waals surface area contributed by atoms with Crippen LogP contribution in [0.25, 0.3) is 0 Å². The van der Waals surface area contributed by atoms with E-state index < -0.39 is 27.5 Å². The lowest BCUT2D eigenvalue weighted by Gasteiger charge is -2.46.